The quantitative estimate of drug-likeness (QED) is 0.719. The summed E-state index contributed by atoms with van der Waals surface area (Å²) in [4.78, 5) is 11.0. The number of nitrogens with one attached hydrogen (secondary N) is 1. The predicted octanol–water partition coefficient (Wildman–Crippen LogP) is 0.634. The number of ether oxygens (including phenoxy) is 1. The molecule has 0 saturated carbocycles. The number of esters is 1. The van der Waals surface area contributed by atoms with Gasteiger partial charge in [-0.1, -0.05) is 5.16 Å². The average Bonchev–Trinajstić information content (AvgIpc) is 2.59. The maximum atomic E-state index is 11.0. The molecular weight excluding hydrogens is 184 g/mol. The van der Waals surface area contributed by atoms with Crippen molar-refractivity contribution in [3.05, 3.63) is 17.5 Å². The van der Waals surface area contributed by atoms with Crippen LogP contribution in [0.3, 0.4) is 0 Å². The van der Waals surface area contributed by atoms with E-state index < -0.39 is 0 Å². The van der Waals surface area contributed by atoms with Crippen molar-refractivity contribution in [2.45, 2.75) is 26.4 Å². The molecule has 1 aromatic rings. The molecule has 0 fully saturated rings. The zero-order valence-electron chi connectivity index (χ0n) is 8.53. The largest absolute Gasteiger partial charge is 0.468 e. The highest BCUT2D eigenvalue weighted by atomic mass is 16.5. The molecule has 1 rings (SSSR count). The number of methoxy groups -OCH3 is 1. The Morgan fingerprint density at radius 3 is 3.00 bits per heavy atom. The van der Waals surface area contributed by atoms with Crippen LogP contribution in [0.25, 0.3) is 0 Å². The number of nitrogens with zero attached hydrogens (tertiary/aromatic N) is 1. The number of hydrogen-bond acceptors (Lipinski definition) is 5. The van der Waals surface area contributed by atoms with Crippen molar-refractivity contribution in [3.63, 3.8) is 0 Å². The van der Waals surface area contributed by atoms with E-state index in [0.717, 1.165) is 11.3 Å². The van der Waals surface area contributed by atoms with Gasteiger partial charge < -0.3 is 9.26 Å². The zero-order chi connectivity index (χ0) is 10.6. The first-order chi connectivity index (χ1) is 6.65. The lowest BCUT2D eigenvalue weighted by atomic mass is 10.2. The molecule has 78 valence electrons. The van der Waals surface area contributed by atoms with Gasteiger partial charge in [0.1, 0.15) is 18.0 Å². The molecule has 1 unspecified atom stereocenters. The Balaban J connectivity index is 2.41. The molecule has 1 N–H and O–H groups in total. The van der Waals surface area contributed by atoms with Gasteiger partial charge in [-0.15, -0.1) is 0 Å². The van der Waals surface area contributed by atoms with Crippen molar-refractivity contribution in [1.29, 1.82) is 0 Å². The van der Waals surface area contributed by atoms with Gasteiger partial charge >= 0.3 is 5.97 Å². The fourth-order valence-corrected chi connectivity index (χ4v) is 0.991. The van der Waals surface area contributed by atoms with E-state index in [9.17, 15) is 4.79 Å². The summed E-state index contributed by atoms with van der Waals surface area (Å²) in [5.74, 6) is -0.286. The third-order valence-corrected chi connectivity index (χ3v) is 1.98. The number of aromatic nitrogens is 1. The second kappa shape index (κ2) is 4.76. The minimum Gasteiger partial charge on any atom is -0.468 e. The van der Waals surface area contributed by atoms with Crippen LogP contribution in [-0.2, 0) is 16.1 Å². The van der Waals surface area contributed by atoms with Gasteiger partial charge in [0.2, 0.25) is 0 Å². The van der Waals surface area contributed by atoms with Gasteiger partial charge in [0.05, 0.1) is 7.11 Å². The molecule has 0 spiro atoms. The van der Waals surface area contributed by atoms with Crippen molar-refractivity contribution >= 4 is 5.97 Å². The second-order valence-corrected chi connectivity index (χ2v) is 3.07. The topological polar surface area (TPSA) is 64.4 Å². The third-order valence-electron chi connectivity index (χ3n) is 1.98. The summed E-state index contributed by atoms with van der Waals surface area (Å²) in [6, 6.07) is -0.337. The highest BCUT2D eigenvalue weighted by Gasteiger charge is 2.13. The Kier molecular flexibility index (Phi) is 3.64. The van der Waals surface area contributed by atoms with Crippen LogP contribution in [0.2, 0.25) is 0 Å². The molecule has 0 aliphatic heterocycles. The van der Waals surface area contributed by atoms with E-state index in [-0.39, 0.29) is 12.0 Å². The van der Waals surface area contributed by atoms with Gasteiger partial charge in [-0.3, -0.25) is 10.1 Å². The number of carbonyl (C=O) groups is 1. The van der Waals surface area contributed by atoms with Crippen LogP contribution < -0.4 is 5.32 Å². The van der Waals surface area contributed by atoms with Gasteiger partial charge in [0, 0.05) is 12.1 Å². The highest BCUT2D eigenvalue weighted by Crippen LogP contribution is 2.03. The first-order valence-electron chi connectivity index (χ1n) is 4.36. The van der Waals surface area contributed by atoms with Gasteiger partial charge in [0.25, 0.3) is 0 Å². The Morgan fingerprint density at radius 1 is 1.79 bits per heavy atom. The fraction of sp³-hybridized carbons (Fsp3) is 0.556. The normalized spacial score (nSPS) is 12.5. The molecule has 1 heterocycles. The fourth-order valence-electron chi connectivity index (χ4n) is 0.991. The molecule has 0 saturated heterocycles. The molecular formula is C9H14N2O3. The van der Waals surface area contributed by atoms with Gasteiger partial charge in [-0.25, -0.2) is 0 Å². The number of hydrogen-bond donors (Lipinski definition) is 1. The molecule has 0 amide bonds. The molecule has 1 aromatic heterocycles. The van der Waals surface area contributed by atoms with E-state index in [2.05, 4.69) is 15.2 Å². The Bertz CT molecular complexity index is 309. The summed E-state index contributed by atoms with van der Waals surface area (Å²) in [5.41, 5.74) is 1.77. The van der Waals surface area contributed by atoms with Gasteiger partial charge in [0.15, 0.2) is 0 Å². The number of aryl methyl sites for hydroxylation is 1. The Labute approximate surface area is 82.4 Å². The summed E-state index contributed by atoms with van der Waals surface area (Å²) in [5, 5.41) is 6.76. The summed E-state index contributed by atoms with van der Waals surface area (Å²) in [6.07, 6.45) is 1.57. The standard InChI is InChI=1S/C9H14N2O3/c1-6-5-14-11-8(6)4-10-7(2)9(12)13-3/h5,7,10H,4H2,1-3H3. The molecule has 0 bridgehead atoms. The van der Waals surface area contributed by atoms with E-state index in [1.807, 2.05) is 6.92 Å². The van der Waals surface area contributed by atoms with Crippen LogP contribution in [0.1, 0.15) is 18.2 Å². The summed E-state index contributed by atoms with van der Waals surface area (Å²) < 4.78 is 9.33. The van der Waals surface area contributed by atoms with Crippen LogP contribution in [0.15, 0.2) is 10.8 Å². The first kappa shape index (κ1) is 10.7. The van der Waals surface area contributed by atoms with E-state index in [1.54, 1.807) is 13.2 Å². The van der Waals surface area contributed by atoms with Gasteiger partial charge in [-0.2, -0.15) is 0 Å². The second-order valence-electron chi connectivity index (χ2n) is 3.07. The van der Waals surface area contributed by atoms with Gasteiger partial charge in [-0.05, 0) is 13.8 Å². The van der Waals surface area contributed by atoms with E-state index in [1.165, 1.54) is 7.11 Å². The minimum atomic E-state index is -0.337. The SMILES string of the molecule is COC(=O)C(C)NCc1nocc1C. The molecule has 5 nitrogen and oxygen atoms in total. The van der Waals surface area contributed by atoms with Crippen LogP contribution in [0.5, 0.6) is 0 Å². The van der Waals surface area contributed by atoms with Crippen LogP contribution >= 0.6 is 0 Å². The highest BCUT2D eigenvalue weighted by molar-refractivity contribution is 5.75. The van der Waals surface area contributed by atoms with Crippen molar-refractivity contribution in [3.8, 4) is 0 Å². The lowest BCUT2D eigenvalue weighted by molar-refractivity contribution is -0.142. The molecule has 0 aliphatic rings. The third kappa shape index (κ3) is 2.56. The lowest BCUT2D eigenvalue weighted by Crippen LogP contribution is -2.34. The summed E-state index contributed by atoms with van der Waals surface area (Å²) in [7, 11) is 1.36. The van der Waals surface area contributed by atoms with E-state index in [4.69, 9.17) is 4.52 Å². The van der Waals surface area contributed by atoms with Crippen molar-refractivity contribution in [1.82, 2.24) is 10.5 Å². The molecule has 5 heteroatoms. The van der Waals surface area contributed by atoms with Crippen LogP contribution in [0, 0.1) is 6.92 Å². The Morgan fingerprint density at radius 2 is 2.50 bits per heavy atom. The lowest BCUT2D eigenvalue weighted by Gasteiger charge is -2.09. The van der Waals surface area contributed by atoms with E-state index >= 15 is 0 Å². The van der Waals surface area contributed by atoms with Crippen molar-refractivity contribution in [2.24, 2.45) is 0 Å². The monoisotopic (exact) mass is 198 g/mol. The van der Waals surface area contributed by atoms with E-state index in [0.29, 0.717) is 6.54 Å². The molecule has 0 radical (unpaired) electrons. The minimum absolute atomic E-state index is 0.286. The van der Waals surface area contributed by atoms with Crippen molar-refractivity contribution in [2.75, 3.05) is 7.11 Å². The van der Waals surface area contributed by atoms with Crippen LogP contribution in [0.4, 0.5) is 0 Å². The number of carbonyl (C=O) groups excluding carboxylic acids is 1. The zero-order valence-corrected chi connectivity index (χ0v) is 8.53. The molecule has 0 aliphatic carbocycles. The average molecular weight is 198 g/mol. The maximum absolute atomic E-state index is 11.0. The maximum Gasteiger partial charge on any atom is 0.322 e. The predicted molar refractivity (Wildman–Crippen MR) is 49.6 cm³/mol. The van der Waals surface area contributed by atoms with Crippen LogP contribution in [-0.4, -0.2) is 24.3 Å². The summed E-state index contributed by atoms with van der Waals surface area (Å²) >= 11 is 0. The molecule has 1 atom stereocenters. The Hall–Kier alpha value is -1.36. The first-order valence-corrected chi connectivity index (χ1v) is 4.36. The number of rotatable bonds is 4. The molecule has 0 aromatic carbocycles. The summed E-state index contributed by atoms with van der Waals surface area (Å²) in [6.45, 7) is 4.14. The molecule has 14 heavy (non-hydrogen) atoms. The smallest absolute Gasteiger partial charge is 0.322 e. The van der Waals surface area contributed by atoms with Crippen molar-refractivity contribution < 1.29 is 14.1 Å².